The largest absolute Gasteiger partial charge is 0.496 e. The van der Waals surface area contributed by atoms with Crippen molar-refractivity contribution in [3.05, 3.63) is 66.7 Å². The maximum Gasteiger partial charge on any atom is 0.496 e. The molecule has 0 aliphatic carbocycles. The smallest absolute Gasteiger partial charge is 0.399 e. The maximum atomic E-state index is 6.61. The molecule has 0 N–H and O–H groups in total. The topological polar surface area (TPSA) is 18.5 Å². The fraction of sp³-hybridized carbons (Fsp3) is 0.308. The van der Waals surface area contributed by atoms with E-state index in [-0.39, 0.29) is 11.2 Å². The molecule has 0 unspecified atom stereocenters. The molecule has 3 aromatic rings. The Morgan fingerprint density at radius 1 is 0.667 bits per heavy atom. The molecular weight excluding hydrogens is 383 g/mol. The Morgan fingerprint density at radius 3 is 1.93 bits per heavy atom. The van der Waals surface area contributed by atoms with Gasteiger partial charge in [-0.2, -0.15) is 0 Å². The molecule has 0 atom stereocenters. The average Bonchev–Trinajstić information content (AvgIpc) is 3.08. The maximum absolute atomic E-state index is 6.61. The lowest BCUT2D eigenvalue weighted by molar-refractivity contribution is 0.00578. The first-order chi connectivity index (χ1) is 14.1. The first-order valence-corrected chi connectivity index (χ1v) is 13.8. The van der Waals surface area contributed by atoms with E-state index in [0.717, 1.165) is 0 Å². The lowest BCUT2D eigenvalue weighted by Crippen LogP contribution is -2.50. The predicted octanol–water partition coefficient (Wildman–Crippen LogP) is 4.46. The Morgan fingerprint density at radius 2 is 1.27 bits per heavy atom. The Bertz CT molecular complexity index is 1120. The number of fused-ring (bicyclic) bond motifs is 3. The minimum absolute atomic E-state index is 0.376. The van der Waals surface area contributed by atoms with Crippen molar-refractivity contribution >= 4 is 31.0 Å². The number of hydrogen-bond acceptors (Lipinski definition) is 2. The van der Waals surface area contributed by atoms with Crippen LogP contribution in [0, 0.1) is 0 Å². The van der Waals surface area contributed by atoms with Crippen molar-refractivity contribution in [3.63, 3.8) is 0 Å². The number of rotatable bonds is 2. The molecule has 0 radical (unpaired) electrons. The fourth-order valence-corrected chi connectivity index (χ4v) is 7.98. The van der Waals surface area contributed by atoms with Gasteiger partial charge in [0, 0.05) is 0 Å². The third-order valence-corrected chi connectivity index (χ3v) is 10.9. The van der Waals surface area contributed by atoms with Crippen molar-refractivity contribution in [1.82, 2.24) is 0 Å². The molecule has 30 heavy (non-hydrogen) atoms. The van der Waals surface area contributed by atoms with E-state index in [1.165, 1.54) is 38.1 Å². The van der Waals surface area contributed by atoms with Crippen LogP contribution in [0.4, 0.5) is 0 Å². The summed E-state index contributed by atoms with van der Waals surface area (Å²) in [6.45, 7) is 13.4. The highest BCUT2D eigenvalue weighted by Crippen LogP contribution is 2.39. The first kappa shape index (κ1) is 19.8. The molecule has 5 rings (SSSR count). The van der Waals surface area contributed by atoms with Gasteiger partial charge in [0.2, 0.25) is 0 Å². The van der Waals surface area contributed by atoms with Crippen LogP contribution in [0.3, 0.4) is 0 Å². The molecular formula is C26H29BO2Si. The van der Waals surface area contributed by atoms with Crippen molar-refractivity contribution in [2.45, 2.75) is 52.0 Å². The third-order valence-electron chi connectivity index (χ3n) is 7.36. The molecule has 1 fully saturated rings. The molecule has 0 saturated carbocycles. The predicted molar refractivity (Wildman–Crippen MR) is 130 cm³/mol. The summed E-state index contributed by atoms with van der Waals surface area (Å²) < 4.78 is 13.2. The molecule has 2 aliphatic rings. The van der Waals surface area contributed by atoms with E-state index >= 15 is 0 Å². The van der Waals surface area contributed by atoms with Crippen LogP contribution in [-0.2, 0) is 9.31 Å². The van der Waals surface area contributed by atoms with E-state index in [2.05, 4.69) is 108 Å². The second kappa shape index (κ2) is 6.43. The van der Waals surface area contributed by atoms with Crippen molar-refractivity contribution in [2.75, 3.05) is 0 Å². The summed E-state index contributed by atoms with van der Waals surface area (Å²) in [6.07, 6.45) is 0. The Balaban J connectivity index is 1.82. The minimum Gasteiger partial charge on any atom is -0.399 e. The van der Waals surface area contributed by atoms with Gasteiger partial charge >= 0.3 is 7.12 Å². The highest BCUT2D eigenvalue weighted by atomic mass is 28.3. The molecule has 2 heterocycles. The standard InChI is InChI=1S/C26H29BO2Si/c1-25(2)26(3,4)29-27(28-25)24-19(18-12-8-7-9-13-18)16-17-22-23(24)20-14-10-11-15-21(20)30(22,5)6/h7-17H,1-6H3. The summed E-state index contributed by atoms with van der Waals surface area (Å²) >= 11 is 0. The van der Waals surface area contributed by atoms with Crippen LogP contribution in [0.5, 0.6) is 0 Å². The van der Waals surface area contributed by atoms with Crippen LogP contribution in [0.2, 0.25) is 13.1 Å². The van der Waals surface area contributed by atoms with Gasteiger partial charge in [0.1, 0.15) is 8.07 Å². The molecule has 2 aliphatic heterocycles. The van der Waals surface area contributed by atoms with Gasteiger partial charge in [0.15, 0.2) is 0 Å². The van der Waals surface area contributed by atoms with E-state index in [4.69, 9.17) is 9.31 Å². The molecule has 3 aromatic carbocycles. The lowest BCUT2D eigenvalue weighted by atomic mass is 9.70. The molecule has 2 nitrogen and oxygen atoms in total. The second-order valence-electron chi connectivity index (χ2n) is 10.1. The lowest BCUT2D eigenvalue weighted by Gasteiger charge is -2.32. The molecule has 0 bridgehead atoms. The zero-order valence-corrected chi connectivity index (χ0v) is 19.7. The zero-order chi connectivity index (χ0) is 21.3. The van der Waals surface area contributed by atoms with Crippen LogP contribution >= 0.6 is 0 Å². The summed E-state index contributed by atoms with van der Waals surface area (Å²) in [4.78, 5) is 0. The van der Waals surface area contributed by atoms with Gasteiger partial charge in [-0.05, 0) is 65.8 Å². The Labute approximate surface area is 181 Å². The average molecular weight is 412 g/mol. The molecule has 0 aromatic heterocycles. The SMILES string of the molecule is CC1(C)OB(c2c(-c3ccccc3)ccc3c2-c2ccccc2[Si]3(C)C)OC1(C)C. The monoisotopic (exact) mass is 412 g/mol. The van der Waals surface area contributed by atoms with Crippen molar-refractivity contribution in [1.29, 1.82) is 0 Å². The van der Waals surface area contributed by atoms with E-state index in [1.54, 1.807) is 0 Å². The minimum atomic E-state index is -1.77. The third kappa shape index (κ3) is 2.71. The van der Waals surface area contributed by atoms with Gasteiger partial charge in [0.25, 0.3) is 0 Å². The van der Waals surface area contributed by atoms with Crippen molar-refractivity contribution in [2.24, 2.45) is 0 Å². The number of hydrogen-bond donors (Lipinski definition) is 0. The van der Waals surface area contributed by atoms with Gasteiger partial charge in [-0.3, -0.25) is 0 Å². The normalized spacial score (nSPS) is 20.1. The van der Waals surface area contributed by atoms with Gasteiger partial charge in [-0.25, -0.2) is 0 Å². The fourth-order valence-electron chi connectivity index (χ4n) is 4.90. The Kier molecular flexibility index (Phi) is 4.24. The van der Waals surface area contributed by atoms with Gasteiger partial charge in [-0.1, -0.05) is 79.8 Å². The first-order valence-electron chi connectivity index (χ1n) is 10.8. The molecule has 0 spiro atoms. The van der Waals surface area contributed by atoms with E-state index in [0.29, 0.717) is 0 Å². The van der Waals surface area contributed by atoms with E-state index < -0.39 is 15.2 Å². The van der Waals surface area contributed by atoms with E-state index in [1.807, 2.05) is 0 Å². The molecule has 0 amide bonds. The second-order valence-corrected chi connectivity index (χ2v) is 14.4. The summed E-state index contributed by atoms with van der Waals surface area (Å²) in [5.74, 6) is 0. The van der Waals surface area contributed by atoms with Crippen molar-refractivity contribution in [3.8, 4) is 22.3 Å². The van der Waals surface area contributed by atoms with Gasteiger partial charge < -0.3 is 9.31 Å². The summed E-state index contributed by atoms with van der Waals surface area (Å²) in [5.41, 5.74) is 5.53. The molecule has 152 valence electrons. The van der Waals surface area contributed by atoms with Crippen LogP contribution < -0.4 is 15.8 Å². The van der Waals surface area contributed by atoms with Crippen molar-refractivity contribution < 1.29 is 9.31 Å². The Hall–Kier alpha value is -2.14. The van der Waals surface area contributed by atoms with Gasteiger partial charge in [0.05, 0.1) is 11.2 Å². The molecule has 1 saturated heterocycles. The summed E-state index contributed by atoms with van der Waals surface area (Å²) in [5, 5.41) is 2.98. The van der Waals surface area contributed by atoms with Crippen LogP contribution in [0.25, 0.3) is 22.3 Å². The van der Waals surface area contributed by atoms with Crippen LogP contribution in [-0.4, -0.2) is 26.4 Å². The summed E-state index contributed by atoms with van der Waals surface area (Å²) in [7, 11) is -2.16. The van der Waals surface area contributed by atoms with Crippen LogP contribution in [0.1, 0.15) is 27.7 Å². The van der Waals surface area contributed by atoms with E-state index in [9.17, 15) is 0 Å². The zero-order valence-electron chi connectivity index (χ0n) is 18.7. The van der Waals surface area contributed by atoms with Crippen LogP contribution in [0.15, 0.2) is 66.7 Å². The van der Waals surface area contributed by atoms with Gasteiger partial charge in [-0.15, -0.1) is 0 Å². The quantitative estimate of drug-likeness (QED) is 0.579. The molecule has 4 heteroatoms. The highest BCUT2D eigenvalue weighted by Gasteiger charge is 2.54. The highest BCUT2D eigenvalue weighted by molar-refractivity contribution is 7.04. The number of benzene rings is 3. The summed E-state index contributed by atoms with van der Waals surface area (Å²) in [6, 6.07) is 24.2.